The molecule has 0 spiro atoms. The van der Waals surface area contributed by atoms with Crippen LogP contribution >= 0.6 is 0 Å². The summed E-state index contributed by atoms with van der Waals surface area (Å²) in [5.41, 5.74) is 4.58. The van der Waals surface area contributed by atoms with Crippen molar-refractivity contribution in [3.8, 4) is 0 Å². The molecule has 2 aromatic rings. The number of carbonyl (C=O) groups is 1. The molecule has 0 radical (unpaired) electrons. The van der Waals surface area contributed by atoms with E-state index in [0.29, 0.717) is 13.1 Å². The summed E-state index contributed by atoms with van der Waals surface area (Å²) in [7, 11) is 0. The van der Waals surface area contributed by atoms with Gasteiger partial charge in [0.25, 0.3) is 5.91 Å². The van der Waals surface area contributed by atoms with Gasteiger partial charge in [0.15, 0.2) is 0 Å². The number of aryl methyl sites for hydroxylation is 2. The molecule has 1 atom stereocenters. The van der Waals surface area contributed by atoms with Gasteiger partial charge in [-0.1, -0.05) is 29.8 Å². The number of piperidine rings is 1. The number of aliphatic hydroxyl groups is 1. The second-order valence-electron chi connectivity index (χ2n) is 8.36. The maximum atomic E-state index is 12.5. The van der Waals surface area contributed by atoms with Crippen molar-refractivity contribution in [1.82, 2.24) is 9.88 Å². The Balaban J connectivity index is 1.80. The second-order valence-corrected chi connectivity index (χ2v) is 8.36. The zero-order valence-electron chi connectivity index (χ0n) is 16.8. The number of likely N-dealkylation sites (tertiary alicyclic amines) is 1. The molecule has 144 valence electrons. The lowest BCUT2D eigenvalue weighted by atomic mass is 9.91. The number of aromatic nitrogens is 1. The molecule has 1 aromatic heterocycles. The summed E-state index contributed by atoms with van der Waals surface area (Å²) in [6, 6.07) is 12.9. The minimum absolute atomic E-state index is 0.195. The average Bonchev–Trinajstić information content (AvgIpc) is 2.60. The highest BCUT2D eigenvalue weighted by molar-refractivity contribution is 5.84. The number of benzene rings is 1. The highest BCUT2D eigenvalue weighted by Crippen LogP contribution is 2.28. The molecule has 1 amide bonds. The van der Waals surface area contributed by atoms with Crippen LogP contribution in [0.25, 0.3) is 0 Å². The molecule has 1 aliphatic heterocycles. The predicted molar refractivity (Wildman–Crippen MR) is 108 cm³/mol. The monoisotopic (exact) mass is 366 g/mol. The van der Waals surface area contributed by atoms with Crippen LogP contribution in [0.5, 0.6) is 0 Å². The SMILES string of the molecule is Cc1cccc(Cc2cc(C)nc([C@H]3CCCN(C(=O)C(C)(C)O)C3)c2)c1. The fourth-order valence-corrected chi connectivity index (χ4v) is 3.93. The van der Waals surface area contributed by atoms with Crippen molar-refractivity contribution in [1.29, 1.82) is 0 Å². The van der Waals surface area contributed by atoms with Gasteiger partial charge in [0, 0.05) is 30.4 Å². The van der Waals surface area contributed by atoms with Gasteiger partial charge >= 0.3 is 0 Å². The van der Waals surface area contributed by atoms with Crippen LogP contribution in [0.4, 0.5) is 0 Å². The Morgan fingerprint density at radius 3 is 2.70 bits per heavy atom. The molecule has 4 heteroatoms. The normalized spacial score (nSPS) is 17.8. The van der Waals surface area contributed by atoms with Crippen LogP contribution in [0.2, 0.25) is 0 Å². The first-order valence-electron chi connectivity index (χ1n) is 9.77. The van der Waals surface area contributed by atoms with E-state index in [4.69, 9.17) is 4.98 Å². The third-order valence-electron chi connectivity index (χ3n) is 5.17. The molecular weight excluding hydrogens is 336 g/mol. The third-order valence-corrected chi connectivity index (χ3v) is 5.17. The topological polar surface area (TPSA) is 53.4 Å². The zero-order valence-corrected chi connectivity index (χ0v) is 16.8. The summed E-state index contributed by atoms with van der Waals surface area (Å²) < 4.78 is 0. The maximum Gasteiger partial charge on any atom is 0.253 e. The van der Waals surface area contributed by atoms with Crippen molar-refractivity contribution < 1.29 is 9.90 Å². The van der Waals surface area contributed by atoms with Gasteiger partial charge in [0.05, 0.1) is 0 Å². The lowest BCUT2D eigenvalue weighted by molar-refractivity contribution is -0.149. The lowest BCUT2D eigenvalue weighted by Gasteiger charge is -2.35. The minimum Gasteiger partial charge on any atom is -0.381 e. The molecule has 0 bridgehead atoms. The summed E-state index contributed by atoms with van der Waals surface area (Å²) in [4.78, 5) is 19.0. The molecule has 1 aromatic carbocycles. The molecule has 0 aliphatic carbocycles. The number of amides is 1. The van der Waals surface area contributed by atoms with Crippen LogP contribution in [0.15, 0.2) is 36.4 Å². The number of hydrogen-bond donors (Lipinski definition) is 1. The predicted octanol–water partition coefficient (Wildman–Crippen LogP) is 3.77. The molecule has 1 fully saturated rings. The summed E-state index contributed by atoms with van der Waals surface area (Å²) >= 11 is 0. The van der Waals surface area contributed by atoms with Crippen molar-refractivity contribution in [2.45, 2.75) is 58.5 Å². The maximum absolute atomic E-state index is 12.5. The summed E-state index contributed by atoms with van der Waals surface area (Å²) in [5.74, 6) is 0.0287. The van der Waals surface area contributed by atoms with Gasteiger partial charge in [-0.25, -0.2) is 0 Å². The largest absolute Gasteiger partial charge is 0.381 e. The lowest BCUT2D eigenvalue weighted by Crippen LogP contribution is -2.48. The quantitative estimate of drug-likeness (QED) is 0.896. The van der Waals surface area contributed by atoms with Crippen LogP contribution in [0.3, 0.4) is 0 Å². The summed E-state index contributed by atoms with van der Waals surface area (Å²) in [5, 5.41) is 10.1. The number of rotatable bonds is 4. The Morgan fingerprint density at radius 1 is 1.22 bits per heavy atom. The molecule has 27 heavy (non-hydrogen) atoms. The van der Waals surface area contributed by atoms with E-state index in [1.807, 2.05) is 6.92 Å². The second kappa shape index (κ2) is 7.81. The Morgan fingerprint density at radius 2 is 2.00 bits per heavy atom. The van der Waals surface area contributed by atoms with Crippen LogP contribution in [-0.4, -0.2) is 39.6 Å². The molecule has 1 aliphatic rings. The molecular formula is C23H30N2O2. The van der Waals surface area contributed by atoms with Gasteiger partial charge in [-0.2, -0.15) is 0 Å². The van der Waals surface area contributed by atoms with E-state index < -0.39 is 5.60 Å². The van der Waals surface area contributed by atoms with E-state index in [-0.39, 0.29) is 11.8 Å². The van der Waals surface area contributed by atoms with E-state index >= 15 is 0 Å². The first-order chi connectivity index (χ1) is 12.7. The van der Waals surface area contributed by atoms with Gasteiger partial charge in [0.2, 0.25) is 0 Å². The smallest absolute Gasteiger partial charge is 0.253 e. The summed E-state index contributed by atoms with van der Waals surface area (Å²) in [6.45, 7) is 8.60. The number of pyridine rings is 1. The summed E-state index contributed by atoms with van der Waals surface area (Å²) in [6.07, 6.45) is 2.85. The standard InChI is InChI=1S/C23H30N2O2/c1-16-7-5-8-18(11-16)13-19-12-17(2)24-21(14-19)20-9-6-10-25(15-20)22(26)23(3,4)27/h5,7-8,11-12,14,20,27H,6,9-10,13,15H2,1-4H3/t20-/m0/s1. The third kappa shape index (κ3) is 4.95. The number of nitrogens with zero attached hydrogens (tertiary/aromatic N) is 2. The minimum atomic E-state index is -1.32. The van der Waals surface area contributed by atoms with Crippen molar-refractivity contribution in [3.05, 3.63) is 64.5 Å². The van der Waals surface area contributed by atoms with E-state index in [1.165, 1.54) is 16.7 Å². The van der Waals surface area contributed by atoms with Crippen LogP contribution in [0, 0.1) is 13.8 Å². The Bertz CT molecular complexity index is 823. The zero-order chi connectivity index (χ0) is 19.6. The average molecular weight is 367 g/mol. The molecule has 4 nitrogen and oxygen atoms in total. The van der Waals surface area contributed by atoms with Gasteiger partial charge in [0.1, 0.15) is 5.60 Å². The number of hydrogen-bond acceptors (Lipinski definition) is 3. The molecule has 1 N–H and O–H groups in total. The Hall–Kier alpha value is -2.20. The van der Waals surface area contributed by atoms with Gasteiger partial charge < -0.3 is 10.0 Å². The molecule has 2 heterocycles. The van der Waals surface area contributed by atoms with Crippen molar-refractivity contribution in [3.63, 3.8) is 0 Å². The number of carbonyl (C=O) groups excluding carboxylic acids is 1. The van der Waals surface area contributed by atoms with Crippen LogP contribution in [-0.2, 0) is 11.2 Å². The van der Waals surface area contributed by atoms with Crippen molar-refractivity contribution in [2.75, 3.05) is 13.1 Å². The van der Waals surface area contributed by atoms with Gasteiger partial charge in [-0.05, 0) is 70.2 Å². The van der Waals surface area contributed by atoms with E-state index in [1.54, 1.807) is 18.7 Å². The molecule has 0 unspecified atom stereocenters. The highest BCUT2D eigenvalue weighted by Gasteiger charge is 2.33. The molecule has 3 rings (SSSR count). The van der Waals surface area contributed by atoms with Crippen molar-refractivity contribution >= 4 is 5.91 Å². The Kier molecular flexibility index (Phi) is 5.66. The van der Waals surface area contributed by atoms with Crippen LogP contribution in [0.1, 0.15) is 60.7 Å². The van der Waals surface area contributed by atoms with E-state index in [9.17, 15) is 9.90 Å². The molecule has 1 saturated heterocycles. The first kappa shape index (κ1) is 19.6. The van der Waals surface area contributed by atoms with Gasteiger partial charge in [-0.15, -0.1) is 0 Å². The first-order valence-corrected chi connectivity index (χ1v) is 9.77. The van der Waals surface area contributed by atoms with Gasteiger partial charge in [-0.3, -0.25) is 9.78 Å². The Labute approximate surface area is 162 Å². The fraction of sp³-hybridized carbons (Fsp3) is 0.478. The van der Waals surface area contributed by atoms with Crippen LogP contribution < -0.4 is 0 Å². The van der Waals surface area contributed by atoms with E-state index in [0.717, 1.165) is 30.7 Å². The van der Waals surface area contributed by atoms with Crippen molar-refractivity contribution in [2.24, 2.45) is 0 Å². The fourth-order valence-electron chi connectivity index (χ4n) is 3.93. The highest BCUT2D eigenvalue weighted by atomic mass is 16.3. The molecule has 0 saturated carbocycles. The van der Waals surface area contributed by atoms with E-state index in [2.05, 4.69) is 43.3 Å².